The normalized spacial score (nSPS) is 10.9. The predicted molar refractivity (Wildman–Crippen MR) is 75.7 cm³/mol. The topological polar surface area (TPSA) is 12.0 Å². The van der Waals surface area contributed by atoms with Gasteiger partial charge in [0.15, 0.2) is 0 Å². The Morgan fingerprint density at radius 2 is 1.53 bits per heavy atom. The molecule has 1 N–H and O–H groups in total. The van der Waals surface area contributed by atoms with Gasteiger partial charge >= 0.3 is 0 Å². The number of fused-ring (bicyclic) bond motifs is 2. The van der Waals surface area contributed by atoms with Crippen LogP contribution in [0.25, 0.3) is 21.5 Å². The monoisotopic (exact) mass is 221 g/mol. The van der Waals surface area contributed by atoms with Crippen molar-refractivity contribution in [2.45, 2.75) is 6.92 Å². The van der Waals surface area contributed by atoms with E-state index in [1.54, 1.807) is 0 Å². The van der Waals surface area contributed by atoms with E-state index in [1.807, 2.05) is 7.05 Å². The van der Waals surface area contributed by atoms with Gasteiger partial charge in [-0.1, -0.05) is 30.3 Å². The van der Waals surface area contributed by atoms with Crippen molar-refractivity contribution in [1.29, 1.82) is 0 Å². The molecule has 0 aliphatic carbocycles. The summed E-state index contributed by atoms with van der Waals surface area (Å²) in [7, 11) is 1.97. The van der Waals surface area contributed by atoms with E-state index in [1.165, 1.54) is 32.8 Å². The molecule has 0 unspecified atom stereocenters. The van der Waals surface area contributed by atoms with Crippen LogP contribution in [0.5, 0.6) is 0 Å². The summed E-state index contributed by atoms with van der Waals surface area (Å²) in [6.45, 7) is 2.17. The van der Waals surface area contributed by atoms with Gasteiger partial charge in [0.05, 0.1) is 0 Å². The molecule has 0 spiro atoms. The highest BCUT2D eigenvalue weighted by atomic mass is 14.8. The molecule has 0 aliphatic rings. The summed E-state index contributed by atoms with van der Waals surface area (Å²) in [5.74, 6) is 0. The summed E-state index contributed by atoms with van der Waals surface area (Å²) in [4.78, 5) is 0. The van der Waals surface area contributed by atoms with Crippen molar-refractivity contribution in [3.63, 3.8) is 0 Å². The van der Waals surface area contributed by atoms with Crippen LogP contribution in [-0.4, -0.2) is 7.05 Å². The summed E-state index contributed by atoms with van der Waals surface area (Å²) in [6, 6.07) is 17.4. The maximum Gasteiger partial charge on any atom is 0.0373 e. The zero-order valence-electron chi connectivity index (χ0n) is 10.1. The van der Waals surface area contributed by atoms with Crippen LogP contribution in [0.3, 0.4) is 0 Å². The van der Waals surface area contributed by atoms with Crippen LogP contribution in [0.1, 0.15) is 5.56 Å². The molecule has 84 valence electrons. The lowest BCUT2D eigenvalue weighted by molar-refractivity contribution is 1.44. The molecule has 0 heterocycles. The van der Waals surface area contributed by atoms with E-state index in [0.29, 0.717) is 0 Å². The number of benzene rings is 3. The van der Waals surface area contributed by atoms with Gasteiger partial charge in [-0.05, 0) is 52.2 Å². The van der Waals surface area contributed by atoms with Crippen LogP contribution in [-0.2, 0) is 0 Å². The van der Waals surface area contributed by atoms with Crippen molar-refractivity contribution in [3.05, 3.63) is 54.1 Å². The zero-order chi connectivity index (χ0) is 11.8. The molecule has 0 atom stereocenters. The first kappa shape index (κ1) is 10.2. The Morgan fingerprint density at radius 3 is 2.24 bits per heavy atom. The van der Waals surface area contributed by atoms with Crippen molar-refractivity contribution in [2.24, 2.45) is 0 Å². The lowest BCUT2D eigenvalue weighted by Crippen LogP contribution is -1.92. The summed E-state index contributed by atoms with van der Waals surface area (Å²) in [6.07, 6.45) is 0. The third-order valence-electron chi connectivity index (χ3n) is 3.42. The van der Waals surface area contributed by atoms with Gasteiger partial charge in [-0.2, -0.15) is 0 Å². The van der Waals surface area contributed by atoms with Gasteiger partial charge in [0, 0.05) is 12.7 Å². The third-order valence-corrected chi connectivity index (χ3v) is 3.42. The molecule has 17 heavy (non-hydrogen) atoms. The van der Waals surface area contributed by atoms with Crippen molar-refractivity contribution in [3.8, 4) is 0 Å². The van der Waals surface area contributed by atoms with Gasteiger partial charge in [-0.25, -0.2) is 0 Å². The van der Waals surface area contributed by atoms with E-state index in [9.17, 15) is 0 Å². The minimum absolute atomic E-state index is 1.20. The fraction of sp³-hybridized carbons (Fsp3) is 0.125. The van der Waals surface area contributed by atoms with E-state index in [4.69, 9.17) is 0 Å². The number of rotatable bonds is 1. The highest BCUT2D eigenvalue weighted by Crippen LogP contribution is 2.29. The Labute approximate surface area is 101 Å². The van der Waals surface area contributed by atoms with E-state index >= 15 is 0 Å². The maximum atomic E-state index is 3.24. The van der Waals surface area contributed by atoms with Gasteiger partial charge in [0.25, 0.3) is 0 Å². The van der Waals surface area contributed by atoms with Gasteiger partial charge in [-0.15, -0.1) is 0 Å². The van der Waals surface area contributed by atoms with Crippen molar-refractivity contribution in [1.82, 2.24) is 0 Å². The first-order chi connectivity index (χ1) is 8.29. The van der Waals surface area contributed by atoms with Crippen LogP contribution in [0, 0.1) is 6.92 Å². The van der Waals surface area contributed by atoms with Gasteiger partial charge in [-0.3, -0.25) is 0 Å². The molecular weight excluding hydrogens is 206 g/mol. The van der Waals surface area contributed by atoms with E-state index < -0.39 is 0 Å². The summed E-state index contributed by atoms with van der Waals surface area (Å²) >= 11 is 0. The Balaban J connectivity index is 2.44. The highest BCUT2D eigenvalue weighted by molar-refractivity contribution is 6.01. The second-order valence-corrected chi connectivity index (χ2v) is 4.41. The molecule has 0 aliphatic heterocycles. The fourth-order valence-corrected chi connectivity index (χ4v) is 2.43. The second-order valence-electron chi connectivity index (χ2n) is 4.41. The number of nitrogens with one attached hydrogen (secondary N) is 1. The van der Waals surface area contributed by atoms with Gasteiger partial charge in [0.1, 0.15) is 0 Å². The zero-order valence-corrected chi connectivity index (χ0v) is 10.1. The lowest BCUT2D eigenvalue weighted by atomic mass is 9.99. The van der Waals surface area contributed by atoms with Gasteiger partial charge < -0.3 is 5.32 Å². The molecule has 3 rings (SSSR count). The maximum absolute atomic E-state index is 3.24. The highest BCUT2D eigenvalue weighted by Gasteiger charge is 2.03. The molecule has 0 aromatic heterocycles. The van der Waals surface area contributed by atoms with E-state index in [0.717, 1.165) is 0 Å². The van der Waals surface area contributed by atoms with Gasteiger partial charge in [0.2, 0.25) is 0 Å². The van der Waals surface area contributed by atoms with E-state index in [-0.39, 0.29) is 0 Å². The molecule has 0 radical (unpaired) electrons. The molecule has 1 nitrogen and oxygen atoms in total. The number of anilines is 1. The summed E-state index contributed by atoms with van der Waals surface area (Å²) in [5, 5.41) is 8.47. The van der Waals surface area contributed by atoms with Crippen LogP contribution in [0.4, 0.5) is 5.69 Å². The molecule has 3 aromatic carbocycles. The average molecular weight is 221 g/mol. The average Bonchev–Trinajstić information content (AvgIpc) is 2.37. The van der Waals surface area contributed by atoms with Crippen LogP contribution in [0.15, 0.2) is 48.5 Å². The Hall–Kier alpha value is -2.02. The molecule has 0 fully saturated rings. The predicted octanol–water partition coefficient (Wildman–Crippen LogP) is 4.34. The minimum Gasteiger partial charge on any atom is -0.388 e. The number of aryl methyl sites for hydroxylation is 1. The van der Waals surface area contributed by atoms with Crippen LogP contribution >= 0.6 is 0 Å². The molecule has 0 saturated heterocycles. The van der Waals surface area contributed by atoms with Crippen molar-refractivity contribution < 1.29 is 0 Å². The number of hydrogen-bond acceptors (Lipinski definition) is 1. The smallest absolute Gasteiger partial charge is 0.0373 e. The number of hydrogen-bond donors (Lipinski definition) is 1. The molecular formula is C16H15N. The molecule has 0 bridgehead atoms. The molecule has 0 saturated carbocycles. The Morgan fingerprint density at radius 1 is 0.824 bits per heavy atom. The third kappa shape index (κ3) is 1.55. The molecule has 3 aromatic rings. The van der Waals surface area contributed by atoms with Crippen molar-refractivity contribution in [2.75, 3.05) is 12.4 Å². The first-order valence-corrected chi connectivity index (χ1v) is 5.89. The van der Waals surface area contributed by atoms with Crippen LogP contribution in [0.2, 0.25) is 0 Å². The second kappa shape index (κ2) is 3.77. The Bertz CT molecular complexity index is 698. The molecule has 0 amide bonds. The minimum atomic E-state index is 1.20. The first-order valence-electron chi connectivity index (χ1n) is 5.89. The summed E-state index contributed by atoms with van der Waals surface area (Å²) in [5.41, 5.74) is 2.52. The fourth-order valence-electron chi connectivity index (χ4n) is 2.43. The van der Waals surface area contributed by atoms with Crippen LogP contribution < -0.4 is 5.32 Å². The Kier molecular flexibility index (Phi) is 2.25. The molecule has 1 heteroatoms. The standard InChI is InChI=1S/C16H15N/c1-11-15-10-13-6-4-3-5-12(13)9-14(15)7-8-16(11)17-2/h3-10,17H,1-2H3. The quantitative estimate of drug-likeness (QED) is 0.603. The lowest BCUT2D eigenvalue weighted by Gasteiger charge is -2.10. The van der Waals surface area contributed by atoms with Crippen molar-refractivity contribution >= 4 is 27.2 Å². The summed E-state index contributed by atoms with van der Waals surface area (Å²) < 4.78 is 0. The van der Waals surface area contributed by atoms with E-state index in [2.05, 4.69) is 60.8 Å². The SMILES string of the molecule is CNc1ccc2cc3ccccc3cc2c1C. The largest absolute Gasteiger partial charge is 0.388 e.